The van der Waals surface area contributed by atoms with Gasteiger partial charge in [0.2, 0.25) is 0 Å². The molecule has 7 nitrogen and oxygen atoms in total. The fourth-order valence-electron chi connectivity index (χ4n) is 3.63. The molecule has 0 bridgehead atoms. The van der Waals surface area contributed by atoms with Crippen molar-refractivity contribution in [3.05, 3.63) is 42.0 Å². The van der Waals surface area contributed by atoms with Gasteiger partial charge in [0.15, 0.2) is 5.96 Å². The smallest absolute Gasteiger partial charge is 0.191 e. The molecule has 0 amide bonds. The number of rotatable bonds is 8. The van der Waals surface area contributed by atoms with E-state index in [0.717, 1.165) is 43.8 Å². The van der Waals surface area contributed by atoms with E-state index in [0.29, 0.717) is 6.54 Å². The van der Waals surface area contributed by atoms with Crippen LogP contribution < -0.4 is 15.5 Å². The molecular weight excluding hydrogens is 362 g/mol. The van der Waals surface area contributed by atoms with Gasteiger partial charge in [-0.2, -0.15) is 0 Å². The quantitative estimate of drug-likeness (QED) is 0.529. The van der Waals surface area contributed by atoms with E-state index in [1.165, 1.54) is 37.2 Å². The van der Waals surface area contributed by atoms with Crippen molar-refractivity contribution in [3.63, 3.8) is 0 Å². The summed E-state index contributed by atoms with van der Waals surface area (Å²) < 4.78 is 2.08. The maximum Gasteiger partial charge on any atom is 0.191 e. The third-order valence-corrected chi connectivity index (χ3v) is 5.51. The first-order valence-electron chi connectivity index (χ1n) is 10.9. The number of hydrogen-bond donors (Lipinski definition) is 2. The van der Waals surface area contributed by atoms with E-state index in [9.17, 15) is 0 Å². The number of aromatic nitrogens is 3. The Balaban J connectivity index is 1.51. The van der Waals surface area contributed by atoms with Gasteiger partial charge in [0.25, 0.3) is 0 Å². The van der Waals surface area contributed by atoms with Crippen molar-refractivity contribution in [1.29, 1.82) is 0 Å². The van der Waals surface area contributed by atoms with Gasteiger partial charge in [-0.1, -0.05) is 26.0 Å². The third-order valence-electron chi connectivity index (χ3n) is 5.51. The summed E-state index contributed by atoms with van der Waals surface area (Å²) >= 11 is 0. The molecule has 0 unspecified atom stereocenters. The number of benzene rings is 1. The van der Waals surface area contributed by atoms with Crippen LogP contribution in [0.3, 0.4) is 0 Å². The van der Waals surface area contributed by atoms with E-state index < -0.39 is 0 Å². The molecule has 2 heterocycles. The molecule has 0 radical (unpaired) electrons. The lowest BCUT2D eigenvalue weighted by molar-refractivity contribution is 0.438. The predicted molar refractivity (Wildman–Crippen MR) is 119 cm³/mol. The molecule has 7 heteroatoms. The Hall–Kier alpha value is -2.57. The SMILES string of the molecule is CCNC(=NCc1ccc(N2CCC(C)CC2)cc1)NCCn1cnnc1CC. The molecule has 1 fully saturated rings. The van der Waals surface area contributed by atoms with E-state index in [4.69, 9.17) is 4.99 Å². The van der Waals surface area contributed by atoms with Gasteiger partial charge in [0, 0.05) is 44.8 Å². The molecule has 0 spiro atoms. The summed E-state index contributed by atoms with van der Waals surface area (Å²) in [5, 5.41) is 14.8. The van der Waals surface area contributed by atoms with Gasteiger partial charge < -0.3 is 20.1 Å². The van der Waals surface area contributed by atoms with Crippen LogP contribution in [0.25, 0.3) is 0 Å². The number of guanidine groups is 1. The number of aliphatic imine (C=N–C) groups is 1. The van der Waals surface area contributed by atoms with E-state index in [1.54, 1.807) is 6.33 Å². The topological polar surface area (TPSA) is 70.4 Å². The molecular formula is C22H35N7. The lowest BCUT2D eigenvalue weighted by Gasteiger charge is -2.32. The molecule has 29 heavy (non-hydrogen) atoms. The zero-order valence-corrected chi connectivity index (χ0v) is 18.1. The number of piperidine rings is 1. The van der Waals surface area contributed by atoms with Gasteiger partial charge in [0.1, 0.15) is 12.2 Å². The highest BCUT2D eigenvalue weighted by Crippen LogP contribution is 2.23. The molecule has 1 saturated heterocycles. The van der Waals surface area contributed by atoms with Gasteiger partial charge in [0.05, 0.1) is 6.54 Å². The fraction of sp³-hybridized carbons (Fsp3) is 0.591. The van der Waals surface area contributed by atoms with Gasteiger partial charge in [-0.15, -0.1) is 10.2 Å². The van der Waals surface area contributed by atoms with Crippen LogP contribution in [-0.4, -0.2) is 46.9 Å². The number of anilines is 1. The van der Waals surface area contributed by atoms with Crippen molar-refractivity contribution in [2.24, 2.45) is 10.9 Å². The first-order valence-corrected chi connectivity index (χ1v) is 10.9. The summed E-state index contributed by atoms with van der Waals surface area (Å²) in [4.78, 5) is 7.23. The van der Waals surface area contributed by atoms with Crippen LogP contribution in [-0.2, 0) is 19.5 Å². The van der Waals surface area contributed by atoms with Crippen LogP contribution in [0.4, 0.5) is 5.69 Å². The minimum Gasteiger partial charge on any atom is -0.372 e. The largest absolute Gasteiger partial charge is 0.372 e. The van der Waals surface area contributed by atoms with Gasteiger partial charge >= 0.3 is 0 Å². The summed E-state index contributed by atoms with van der Waals surface area (Å²) in [6.45, 7) is 12.0. The maximum atomic E-state index is 4.74. The lowest BCUT2D eigenvalue weighted by atomic mass is 9.99. The van der Waals surface area contributed by atoms with E-state index in [-0.39, 0.29) is 0 Å². The highest BCUT2D eigenvalue weighted by atomic mass is 15.3. The third kappa shape index (κ3) is 6.21. The average molecular weight is 398 g/mol. The normalized spacial score (nSPS) is 15.6. The number of hydrogen-bond acceptors (Lipinski definition) is 4. The molecule has 158 valence electrons. The van der Waals surface area contributed by atoms with Crippen LogP contribution in [0.2, 0.25) is 0 Å². The number of nitrogens with zero attached hydrogens (tertiary/aromatic N) is 5. The van der Waals surface area contributed by atoms with Crippen LogP contribution in [0.5, 0.6) is 0 Å². The summed E-state index contributed by atoms with van der Waals surface area (Å²) in [6, 6.07) is 8.87. The van der Waals surface area contributed by atoms with E-state index in [1.807, 2.05) is 0 Å². The van der Waals surface area contributed by atoms with Crippen LogP contribution >= 0.6 is 0 Å². The van der Waals surface area contributed by atoms with Crippen LogP contribution in [0, 0.1) is 5.92 Å². The van der Waals surface area contributed by atoms with Crippen molar-refractivity contribution < 1.29 is 0 Å². The monoisotopic (exact) mass is 397 g/mol. The highest BCUT2D eigenvalue weighted by molar-refractivity contribution is 5.79. The number of nitrogens with one attached hydrogen (secondary N) is 2. The molecule has 0 saturated carbocycles. The minimum atomic E-state index is 0.666. The minimum absolute atomic E-state index is 0.666. The van der Waals surface area contributed by atoms with E-state index >= 15 is 0 Å². The van der Waals surface area contributed by atoms with E-state index in [2.05, 4.69) is 75.3 Å². The van der Waals surface area contributed by atoms with Crippen molar-refractivity contribution >= 4 is 11.6 Å². The van der Waals surface area contributed by atoms with Crippen molar-refractivity contribution in [1.82, 2.24) is 25.4 Å². The average Bonchev–Trinajstić information content (AvgIpc) is 3.20. The summed E-state index contributed by atoms with van der Waals surface area (Å²) in [5.41, 5.74) is 2.55. The maximum absolute atomic E-state index is 4.74. The summed E-state index contributed by atoms with van der Waals surface area (Å²) in [6.07, 6.45) is 5.26. The summed E-state index contributed by atoms with van der Waals surface area (Å²) in [7, 11) is 0. The fourth-order valence-corrected chi connectivity index (χ4v) is 3.63. The highest BCUT2D eigenvalue weighted by Gasteiger charge is 2.15. The zero-order chi connectivity index (χ0) is 20.5. The first kappa shape index (κ1) is 21.1. The Kier molecular flexibility index (Phi) is 7.90. The molecule has 1 aliphatic heterocycles. The lowest BCUT2D eigenvalue weighted by Crippen LogP contribution is -2.38. The predicted octanol–water partition coefficient (Wildman–Crippen LogP) is 2.83. The Morgan fingerprint density at radius 1 is 1.14 bits per heavy atom. The molecule has 1 aromatic heterocycles. The van der Waals surface area contributed by atoms with Crippen LogP contribution in [0.1, 0.15) is 45.0 Å². The second-order valence-corrected chi connectivity index (χ2v) is 7.75. The molecule has 0 aliphatic carbocycles. The standard InChI is InChI=1S/C22H35N7/c1-4-21-27-26-17-29(21)15-12-24-22(23-5-2)25-16-19-6-8-20(9-7-19)28-13-10-18(3)11-14-28/h6-9,17-18H,4-5,10-16H2,1-3H3,(H2,23,24,25). The van der Waals surface area contributed by atoms with Crippen molar-refractivity contribution in [2.45, 2.75) is 53.1 Å². The second kappa shape index (κ2) is 10.8. The Morgan fingerprint density at radius 3 is 2.59 bits per heavy atom. The molecule has 3 rings (SSSR count). The first-order chi connectivity index (χ1) is 14.2. The Labute approximate surface area is 174 Å². The van der Waals surface area contributed by atoms with Gasteiger partial charge in [-0.05, 0) is 43.4 Å². The summed E-state index contributed by atoms with van der Waals surface area (Å²) in [5.74, 6) is 2.71. The molecule has 2 N–H and O–H groups in total. The van der Waals surface area contributed by atoms with Crippen LogP contribution in [0.15, 0.2) is 35.6 Å². The number of aryl methyl sites for hydroxylation is 1. The Bertz CT molecular complexity index is 758. The van der Waals surface area contributed by atoms with Gasteiger partial charge in [-0.25, -0.2) is 4.99 Å². The van der Waals surface area contributed by atoms with Crippen molar-refractivity contribution in [2.75, 3.05) is 31.1 Å². The second-order valence-electron chi connectivity index (χ2n) is 7.75. The molecule has 1 aromatic carbocycles. The van der Waals surface area contributed by atoms with Crippen molar-refractivity contribution in [3.8, 4) is 0 Å². The van der Waals surface area contributed by atoms with Gasteiger partial charge in [-0.3, -0.25) is 0 Å². The molecule has 2 aromatic rings. The Morgan fingerprint density at radius 2 is 1.90 bits per heavy atom. The molecule has 1 aliphatic rings. The zero-order valence-electron chi connectivity index (χ0n) is 18.1. The molecule has 0 atom stereocenters.